The largest absolute Gasteiger partial charge is 0.410 e. The molecule has 1 aromatic rings. The van der Waals surface area contributed by atoms with E-state index in [1.54, 1.807) is 14.0 Å². The van der Waals surface area contributed by atoms with Gasteiger partial charge in [0, 0.05) is 12.7 Å². The number of anilines is 1. The van der Waals surface area contributed by atoms with E-state index in [0.717, 1.165) is 5.69 Å². The average molecular weight is 206 g/mol. The van der Waals surface area contributed by atoms with E-state index < -0.39 is 0 Å². The molecule has 0 saturated heterocycles. The van der Waals surface area contributed by atoms with E-state index in [4.69, 9.17) is 5.21 Å². The number of nitrogens with zero attached hydrogens (tertiary/aromatic N) is 2. The Bertz CT molecular complexity index is 360. The van der Waals surface area contributed by atoms with Gasteiger partial charge in [-0.2, -0.15) is 0 Å². The minimum absolute atomic E-state index is 0.154. The molecule has 0 aromatic heterocycles. The number of benzene rings is 1. The molecule has 1 amide bonds. The number of oxime groups is 1. The van der Waals surface area contributed by atoms with Crippen LogP contribution >= 0.6 is 0 Å². The standard InChI is InChI=1S/C11H14N2O2/c1-3-10(12-15)11(14)13(2)9-7-5-4-6-8-9/h4-8,15H,3H2,1-2H3/b12-10-. The first-order chi connectivity index (χ1) is 7.20. The summed E-state index contributed by atoms with van der Waals surface area (Å²) in [5.41, 5.74) is 0.929. The second kappa shape index (κ2) is 5.14. The van der Waals surface area contributed by atoms with Crippen LogP contribution in [0.25, 0.3) is 0 Å². The summed E-state index contributed by atoms with van der Waals surface area (Å²) in [4.78, 5) is 13.2. The zero-order valence-corrected chi connectivity index (χ0v) is 8.84. The maximum atomic E-state index is 11.7. The van der Waals surface area contributed by atoms with Gasteiger partial charge >= 0.3 is 0 Å². The minimum Gasteiger partial charge on any atom is -0.410 e. The summed E-state index contributed by atoms with van der Waals surface area (Å²) in [7, 11) is 1.65. The van der Waals surface area contributed by atoms with Gasteiger partial charge in [-0.05, 0) is 18.6 Å². The molecular weight excluding hydrogens is 192 g/mol. The van der Waals surface area contributed by atoms with Gasteiger partial charge in [-0.1, -0.05) is 30.3 Å². The molecule has 0 aliphatic rings. The van der Waals surface area contributed by atoms with Crippen molar-refractivity contribution in [1.29, 1.82) is 0 Å². The van der Waals surface area contributed by atoms with Gasteiger partial charge in [0.1, 0.15) is 5.71 Å². The first-order valence-electron chi connectivity index (χ1n) is 4.74. The molecule has 0 bridgehead atoms. The third-order valence-corrected chi connectivity index (χ3v) is 2.15. The quantitative estimate of drug-likeness (QED) is 0.466. The molecule has 0 unspecified atom stereocenters. The molecule has 4 heteroatoms. The molecule has 0 saturated carbocycles. The Kier molecular flexibility index (Phi) is 3.85. The molecule has 0 spiro atoms. The highest BCUT2D eigenvalue weighted by Crippen LogP contribution is 2.11. The number of hydrogen-bond donors (Lipinski definition) is 1. The second-order valence-corrected chi connectivity index (χ2v) is 3.10. The van der Waals surface area contributed by atoms with Gasteiger partial charge in [0.05, 0.1) is 0 Å². The maximum Gasteiger partial charge on any atom is 0.275 e. The smallest absolute Gasteiger partial charge is 0.275 e. The van der Waals surface area contributed by atoms with E-state index >= 15 is 0 Å². The number of hydrogen-bond acceptors (Lipinski definition) is 3. The molecule has 15 heavy (non-hydrogen) atoms. The van der Waals surface area contributed by atoms with Crippen LogP contribution in [0.5, 0.6) is 0 Å². The van der Waals surface area contributed by atoms with Crippen molar-refractivity contribution < 1.29 is 10.0 Å². The van der Waals surface area contributed by atoms with E-state index in [1.807, 2.05) is 30.3 Å². The Morgan fingerprint density at radius 3 is 2.47 bits per heavy atom. The van der Waals surface area contributed by atoms with Crippen molar-refractivity contribution in [3.8, 4) is 0 Å². The lowest BCUT2D eigenvalue weighted by molar-refractivity contribution is -0.112. The lowest BCUT2D eigenvalue weighted by Gasteiger charge is -2.16. The van der Waals surface area contributed by atoms with Gasteiger partial charge in [0.2, 0.25) is 0 Å². The Morgan fingerprint density at radius 2 is 2.00 bits per heavy atom. The minimum atomic E-state index is -0.286. The Balaban J connectivity index is 2.86. The van der Waals surface area contributed by atoms with Crippen LogP contribution < -0.4 is 4.90 Å². The lowest BCUT2D eigenvalue weighted by Crippen LogP contribution is -2.32. The van der Waals surface area contributed by atoms with Gasteiger partial charge in [-0.3, -0.25) is 4.79 Å². The van der Waals surface area contributed by atoms with Gasteiger partial charge in [0.15, 0.2) is 0 Å². The maximum absolute atomic E-state index is 11.7. The van der Waals surface area contributed by atoms with Crippen molar-refractivity contribution in [2.75, 3.05) is 11.9 Å². The Morgan fingerprint density at radius 1 is 1.40 bits per heavy atom. The molecule has 0 aliphatic carbocycles. The summed E-state index contributed by atoms with van der Waals surface area (Å²) in [5, 5.41) is 11.6. The normalized spacial score (nSPS) is 11.2. The second-order valence-electron chi connectivity index (χ2n) is 3.10. The van der Waals surface area contributed by atoms with Crippen LogP contribution in [0.2, 0.25) is 0 Å². The summed E-state index contributed by atoms with van der Waals surface area (Å²) in [6.45, 7) is 1.77. The fourth-order valence-corrected chi connectivity index (χ4v) is 1.23. The van der Waals surface area contributed by atoms with Crippen LogP contribution in [0.4, 0.5) is 5.69 Å². The highest BCUT2D eigenvalue weighted by Gasteiger charge is 2.16. The number of carbonyl (C=O) groups excluding carboxylic acids is 1. The molecule has 0 aliphatic heterocycles. The number of carbonyl (C=O) groups is 1. The average Bonchev–Trinajstić information content (AvgIpc) is 2.30. The molecule has 0 radical (unpaired) electrons. The van der Waals surface area contributed by atoms with Crippen LogP contribution in [-0.4, -0.2) is 23.9 Å². The zero-order valence-electron chi connectivity index (χ0n) is 8.84. The van der Waals surface area contributed by atoms with Crippen molar-refractivity contribution in [2.24, 2.45) is 5.16 Å². The SMILES string of the molecule is CC/C(=N/O)C(=O)N(C)c1ccccc1. The van der Waals surface area contributed by atoms with Crippen molar-refractivity contribution in [1.82, 2.24) is 0 Å². The molecular formula is C11H14N2O2. The monoisotopic (exact) mass is 206 g/mol. The summed E-state index contributed by atoms with van der Waals surface area (Å²) in [6.07, 6.45) is 0.409. The summed E-state index contributed by atoms with van der Waals surface area (Å²) < 4.78 is 0. The van der Waals surface area contributed by atoms with Crippen molar-refractivity contribution >= 4 is 17.3 Å². The fourth-order valence-electron chi connectivity index (χ4n) is 1.23. The number of para-hydroxylation sites is 1. The van der Waals surface area contributed by atoms with Crippen molar-refractivity contribution in [3.63, 3.8) is 0 Å². The predicted octanol–water partition coefficient (Wildman–Crippen LogP) is 1.89. The molecule has 1 aromatic carbocycles. The topological polar surface area (TPSA) is 52.9 Å². The van der Waals surface area contributed by atoms with Crippen LogP contribution in [-0.2, 0) is 4.79 Å². The molecule has 1 rings (SSSR count). The number of rotatable bonds is 3. The summed E-state index contributed by atoms with van der Waals surface area (Å²) >= 11 is 0. The van der Waals surface area contributed by atoms with Gasteiger partial charge in [-0.25, -0.2) is 0 Å². The van der Waals surface area contributed by atoms with Gasteiger partial charge < -0.3 is 10.1 Å². The first kappa shape index (κ1) is 11.2. The Hall–Kier alpha value is -1.84. The summed E-state index contributed by atoms with van der Waals surface area (Å²) in [5.74, 6) is -0.286. The van der Waals surface area contributed by atoms with Crippen LogP contribution in [0.1, 0.15) is 13.3 Å². The molecule has 0 fully saturated rings. The first-order valence-corrected chi connectivity index (χ1v) is 4.74. The van der Waals surface area contributed by atoms with E-state index in [1.165, 1.54) is 4.90 Å². The zero-order chi connectivity index (χ0) is 11.3. The van der Waals surface area contributed by atoms with Crippen molar-refractivity contribution in [3.05, 3.63) is 30.3 Å². The molecule has 0 heterocycles. The predicted molar refractivity (Wildman–Crippen MR) is 59.4 cm³/mol. The number of amides is 1. The molecule has 80 valence electrons. The van der Waals surface area contributed by atoms with Gasteiger partial charge in [0.25, 0.3) is 5.91 Å². The van der Waals surface area contributed by atoms with E-state index in [-0.39, 0.29) is 11.6 Å². The molecule has 4 nitrogen and oxygen atoms in total. The lowest BCUT2D eigenvalue weighted by atomic mass is 10.2. The van der Waals surface area contributed by atoms with Crippen LogP contribution in [0, 0.1) is 0 Å². The highest BCUT2D eigenvalue weighted by atomic mass is 16.4. The highest BCUT2D eigenvalue weighted by molar-refractivity contribution is 6.43. The summed E-state index contributed by atoms with van der Waals surface area (Å²) in [6, 6.07) is 9.22. The molecule has 1 N–H and O–H groups in total. The van der Waals surface area contributed by atoms with Gasteiger partial charge in [-0.15, -0.1) is 0 Å². The molecule has 0 atom stereocenters. The van der Waals surface area contributed by atoms with E-state index in [9.17, 15) is 4.79 Å². The van der Waals surface area contributed by atoms with Crippen molar-refractivity contribution in [2.45, 2.75) is 13.3 Å². The Labute approximate surface area is 88.8 Å². The fraction of sp³-hybridized carbons (Fsp3) is 0.273. The van der Waals surface area contributed by atoms with Crippen LogP contribution in [0.3, 0.4) is 0 Å². The van der Waals surface area contributed by atoms with E-state index in [0.29, 0.717) is 6.42 Å². The third kappa shape index (κ3) is 2.56. The van der Waals surface area contributed by atoms with Crippen LogP contribution in [0.15, 0.2) is 35.5 Å². The third-order valence-electron chi connectivity index (χ3n) is 2.15. The van der Waals surface area contributed by atoms with E-state index in [2.05, 4.69) is 5.16 Å².